The molecule has 1 rings (SSSR count). The number of hydrogen-bond acceptors (Lipinski definition) is 2. The van der Waals surface area contributed by atoms with Crippen LogP contribution in [0.25, 0.3) is 0 Å². The molecule has 1 aromatic carbocycles. The molecule has 3 N–H and O–H groups in total. The highest BCUT2D eigenvalue weighted by molar-refractivity contribution is 14.1. The fourth-order valence-corrected chi connectivity index (χ4v) is 2.02. The second-order valence-electron chi connectivity index (χ2n) is 2.69. The zero-order valence-corrected chi connectivity index (χ0v) is 10.1. The van der Waals surface area contributed by atoms with Gasteiger partial charge in [0.1, 0.15) is 0 Å². The van der Waals surface area contributed by atoms with Gasteiger partial charge in [-0.05, 0) is 53.8 Å². The van der Waals surface area contributed by atoms with Gasteiger partial charge in [-0.15, -0.1) is 0 Å². The van der Waals surface area contributed by atoms with Gasteiger partial charge in [-0.25, -0.2) is 0 Å². The lowest BCUT2D eigenvalue weighted by molar-refractivity contribution is 0.874. The normalized spacial score (nSPS) is 10.1. The van der Waals surface area contributed by atoms with Gasteiger partial charge in [-0.3, -0.25) is 0 Å². The van der Waals surface area contributed by atoms with Gasteiger partial charge < -0.3 is 11.1 Å². The van der Waals surface area contributed by atoms with Gasteiger partial charge in [0.15, 0.2) is 0 Å². The van der Waals surface area contributed by atoms with Crippen LogP contribution in [-0.4, -0.2) is 13.1 Å². The van der Waals surface area contributed by atoms with E-state index in [0.29, 0.717) is 0 Å². The maximum atomic E-state index is 5.83. The molecule has 0 radical (unpaired) electrons. The Bertz CT molecular complexity index is 278. The first-order chi connectivity index (χ1) is 6.24. The van der Waals surface area contributed by atoms with Crippen LogP contribution in [0.15, 0.2) is 18.2 Å². The molecule has 0 aliphatic heterocycles. The van der Waals surface area contributed by atoms with E-state index in [0.717, 1.165) is 33.8 Å². The van der Waals surface area contributed by atoms with Crippen LogP contribution < -0.4 is 11.1 Å². The summed E-state index contributed by atoms with van der Waals surface area (Å²) in [6.45, 7) is 1.63. The van der Waals surface area contributed by atoms with Crippen LogP contribution >= 0.6 is 34.2 Å². The van der Waals surface area contributed by atoms with Gasteiger partial charge in [0.05, 0.1) is 0 Å². The lowest BCUT2D eigenvalue weighted by atomic mass is 10.3. The topological polar surface area (TPSA) is 38.0 Å². The minimum atomic E-state index is 0.719. The monoisotopic (exact) mass is 310 g/mol. The van der Waals surface area contributed by atoms with Crippen molar-refractivity contribution in [3.8, 4) is 0 Å². The molecule has 0 atom stereocenters. The molecule has 0 bridgehead atoms. The number of nitrogens with one attached hydrogen (secondary N) is 1. The molecule has 0 aliphatic rings. The minimum absolute atomic E-state index is 0.719. The molecule has 0 amide bonds. The van der Waals surface area contributed by atoms with Crippen molar-refractivity contribution in [2.24, 2.45) is 5.73 Å². The van der Waals surface area contributed by atoms with Crippen molar-refractivity contribution in [1.82, 2.24) is 0 Å². The van der Waals surface area contributed by atoms with Crippen molar-refractivity contribution >= 4 is 39.9 Å². The molecule has 2 nitrogen and oxygen atoms in total. The Morgan fingerprint density at radius 1 is 1.46 bits per heavy atom. The molecule has 0 fully saturated rings. The van der Waals surface area contributed by atoms with Crippen molar-refractivity contribution in [3.05, 3.63) is 26.8 Å². The highest BCUT2D eigenvalue weighted by atomic mass is 127. The smallest absolute Gasteiger partial charge is 0.0476 e. The molecular formula is C9H12ClIN2. The lowest BCUT2D eigenvalue weighted by Crippen LogP contribution is -2.09. The summed E-state index contributed by atoms with van der Waals surface area (Å²) in [6.07, 6.45) is 0.985. The average molecular weight is 311 g/mol. The first-order valence-electron chi connectivity index (χ1n) is 4.13. The molecular weight excluding hydrogens is 298 g/mol. The Morgan fingerprint density at radius 2 is 2.23 bits per heavy atom. The molecule has 1 aromatic rings. The number of hydrogen-bond donors (Lipinski definition) is 2. The average Bonchev–Trinajstić information content (AvgIpc) is 2.09. The largest absolute Gasteiger partial charge is 0.384 e. The maximum Gasteiger partial charge on any atom is 0.0476 e. The molecule has 0 spiro atoms. The van der Waals surface area contributed by atoms with Gasteiger partial charge in [0.25, 0.3) is 0 Å². The third-order valence-electron chi connectivity index (χ3n) is 1.63. The molecule has 0 saturated carbocycles. The molecule has 0 aromatic heterocycles. The van der Waals surface area contributed by atoms with E-state index in [1.807, 2.05) is 18.2 Å². The van der Waals surface area contributed by atoms with Gasteiger partial charge >= 0.3 is 0 Å². The second-order valence-corrected chi connectivity index (χ2v) is 4.29. The van der Waals surface area contributed by atoms with E-state index in [1.165, 1.54) is 0 Å². The van der Waals surface area contributed by atoms with E-state index in [1.54, 1.807) is 0 Å². The van der Waals surface area contributed by atoms with E-state index >= 15 is 0 Å². The van der Waals surface area contributed by atoms with Crippen molar-refractivity contribution in [2.75, 3.05) is 18.4 Å². The van der Waals surface area contributed by atoms with E-state index in [2.05, 4.69) is 27.9 Å². The summed E-state index contributed by atoms with van der Waals surface area (Å²) in [4.78, 5) is 0. The maximum absolute atomic E-state index is 5.83. The highest BCUT2D eigenvalue weighted by Gasteiger charge is 1.98. The van der Waals surface area contributed by atoms with E-state index in [9.17, 15) is 0 Å². The van der Waals surface area contributed by atoms with Crippen LogP contribution in [0.3, 0.4) is 0 Å². The van der Waals surface area contributed by atoms with Crippen molar-refractivity contribution in [1.29, 1.82) is 0 Å². The summed E-state index contributed by atoms with van der Waals surface area (Å²) in [7, 11) is 0. The molecule has 0 saturated heterocycles. The molecule has 0 unspecified atom stereocenters. The SMILES string of the molecule is NCCCNc1ccc(Cl)cc1I. The Morgan fingerprint density at radius 3 is 2.85 bits per heavy atom. The zero-order chi connectivity index (χ0) is 9.68. The second kappa shape index (κ2) is 5.67. The van der Waals surface area contributed by atoms with Crippen molar-refractivity contribution in [3.63, 3.8) is 0 Å². The molecule has 72 valence electrons. The number of rotatable bonds is 4. The van der Waals surface area contributed by atoms with Gasteiger partial charge in [0, 0.05) is 20.8 Å². The summed E-state index contributed by atoms with van der Waals surface area (Å²) in [6, 6.07) is 5.81. The van der Waals surface area contributed by atoms with Gasteiger partial charge in [0.2, 0.25) is 0 Å². The number of nitrogens with two attached hydrogens (primary N) is 1. The summed E-state index contributed by atoms with van der Waals surface area (Å²) >= 11 is 8.09. The predicted molar refractivity (Wildman–Crippen MR) is 66.3 cm³/mol. The van der Waals surface area contributed by atoms with Crippen LogP contribution in [0.5, 0.6) is 0 Å². The van der Waals surface area contributed by atoms with Crippen LogP contribution in [-0.2, 0) is 0 Å². The number of anilines is 1. The highest BCUT2D eigenvalue weighted by Crippen LogP contribution is 2.21. The quantitative estimate of drug-likeness (QED) is 0.663. The van der Waals surface area contributed by atoms with Crippen LogP contribution in [0.2, 0.25) is 5.02 Å². The van der Waals surface area contributed by atoms with E-state index < -0.39 is 0 Å². The van der Waals surface area contributed by atoms with Crippen LogP contribution in [0.4, 0.5) is 5.69 Å². The fourth-order valence-electron chi connectivity index (χ4n) is 0.958. The fraction of sp³-hybridized carbons (Fsp3) is 0.333. The molecule has 0 heterocycles. The minimum Gasteiger partial charge on any atom is -0.384 e. The molecule has 13 heavy (non-hydrogen) atoms. The summed E-state index contributed by atoms with van der Waals surface area (Å²) in [5.74, 6) is 0. The third-order valence-corrected chi connectivity index (χ3v) is 2.76. The summed E-state index contributed by atoms with van der Waals surface area (Å²) in [5, 5.41) is 4.07. The van der Waals surface area contributed by atoms with E-state index in [4.69, 9.17) is 17.3 Å². The first kappa shape index (κ1) is 11.1. The first-order valence-corrected chi connectivity index (χ1v) is 5.58. The number of benzene rings is 1. The summed E-state index contributed by atoms with van der Waals surface area (Å²) < 4.78 is 1.14. The Balaban J connectivity index is 2.56. The van der Waals surface area contributed by atoms with Gasteiger partial charge in [-0.2, -0.15) is 0 Å². The molecule has 0 aliphatic carbocycles. The van der Waals surface area contributed by atoms with Crippen LogP contribution in [0.1, 0.15) is 6.42 Å². The standard InChI is InChI=1S/C9H12ClIN2/c10-7-2-3-9(8(11)6-7)13-5-1-4-12/h2-3,6,13H,1,4-5,12H2. The van der Waals surface area contributed by atoms with Crippen molar-refractivity contribution < 1.29 is 0 Å². The lowest BCUT2D eigenvalue weighted by Gasteiger charge is -2.07. The Hall–Kier alpha value is -0.000000000000000111. The van der Waals surface area contributed by atoms with E-state index in [-0.39, 0.29) is 0 Å². The molecule has 4 heteroatoms. The Kier molecular flexibility index (Phi) is 4.83. The summed E-state index contributed by atoms with van der Waals surface area (Å²) in [5.41, 5.74) is 6.52. The van der Waals surface area contributed by atoms with Crippen molar-refractivity contribution in [2.45, 2.75) is 6.42 Å². The zero-order valence-electron chi connectivity index (χ0n) is 7.19. The van der Waals surface area contributed by atoms with Crippen LogP contribution in [0, 0.1) is 3.57 Å². The number of halogens is 2. The predicted octanol–water partition coefficient (Wildman–Crippen LogP) is 2.71. The van der Waals surface area contributed by atoms with Gasteiger partial charge in [-0.1, -0.05) is 11.6 Å². The Labute approximate surface area is 97.0 Å². The third kappa shape index (κ3) is 3.70.